The first-order valence-corrected chi connectivity index (χ1v) is 14.0. The number of carbonyl (C=O) groups is 3. The number of carbonyl (C=O) groups excluding carboxylic acids is 3. The third kappa shape index (κ3) is 7.45. The van der Waals surface area contributed by atoms with E-state index >= 15 is 0 Å². The molecule has 0 bridgehead atoms. The molecule has 4 N–H and O–H groups in total. The number of amides is 3. The van der Waals surface area contributed by atoms with E-state index in [9.17, 15) is 14.4 Å². The van der Waals surface area contributed by atoms with Crippen LogP contribution in [0.1, 0.15) is 15.9 Å². The van der Waals surface area contributed by atoms with Gasteiger partial charge in [-0.25, -0.2) is 0 Å². The van der Waals surface area contributed by atoms with Crippen molar-refractivity contribution in [2.24, 2.45) is 0 Å². The van der Waals surface area contributed by atoms with Gasteiger partial charge in [0.1, 0.15) is 5.70 Å². The smallest absolute Gasteiger partial charge is 0.272 e. The Balaban J connectivity index is 1.26. The van der Waals surface area contributed by atoms with Gasteiger partial charge in [-0.15, -0.1) is 11.8 Å². The lowest BCUT2D eigenvalue weighted by Crippen LogP contribution is -2.30. The first kappa shape index (κ1) is 27.8. The molecular formula is C32H25ClN4O3S. The first-order chi connectivity index (χ1) is 19.9. The molecule has 9 heteroatoms. The lowest BCUT2D eigenvalue weighted by atomic mass is 10.1. The molecule has 0 aliphatic carbocycles. The minimum Gasteiger partial charge on any atom is -0.361 e. The molecule has 0 saturated carbocycles. The van der Waals surface area contributed by atoms with Crippen LogP contribution in [-0.4, -0.2) is 28.5 Å². The number of aromatic nitrogens is 1. The first-order valence-electron chi connectivity index (χ1n) is 12.7. The zero-order chi connectivity index (χ0) is 28.6. The Kier molecular flexibility index (Phi) is 8.83. The molecule has 3 amide bonds. The molecule has 0 aliphatic heterocycles. The number of anilines is 2. The monoisotopic (exact) mass is 580 g/mol. The highest BCUT2D eigenvalue weighted by Gasteiger charge is 2.16. The molecule has 7 nitrogen and oxygen atoms in total. The van der Waals surface area contributed by atoms with Crippen molar-refractivity contribution >= 4 is 69.4 Å². The van der Waals surface area contributed by atoms with Crippen LogP contribution in [0.25, 0.3) is 17.0 Å². The fraction of sp³-hybridized carbons (Fsp3) is 0.0312. The van der Waals surface area contributed by atoms with Crippen LogP contribution in [0, 0.1) is 0 Å². The number of H-pyrrole nitrogens is 1. The number of fused-ring (bicyclic) bond motifs is 1. The molecule has 4 aromatic carbocycles. The van der Waals surface area contributed by atoms with Crippen LogP contribution in [0.3, 0.4) is 0 Å². The SMILES string of the molecule is O=C(CSc1cccc(NC(=O)/C(=C\c2ccccc2Cl)NC(=O)c2ccccc2)c1)Nc1ccc2cc[nH]c2c1. The lowest BCUT2D eigenvalue weighted by Gasteiger charge is -2.12. The van der Waals surface area contributed by atoms with E-state index in [-0.39, 0.29) is 17.4 Å². The molecular weight excluding hydrogens is 556 g/mol. The molecule has 1 aromatic heterocycles. The van der Waals surface area contributed by atoms with E-state index in [1.165, 1.54) is 17.8 Å². The highest BCUT2D eigenvalue weighted by Crippen LogP contribution is 2.24. The largest absolute Gasteiger partial charge is 0.361 e. The van der Waals surface area contributed by atoms with E-state index < -0.39 is 11.8 Å². The van der Waals surface area contributed by atoms with Crippen LogP contribution in [0.5, 0.6) is 0 Å². The summed E-state index contributed by atoms with van der Waals surface area (Å²) < 4.78 is 0. The zero-order valence-corrected chi connectivity index (χ0v) is 23.3. The molecule has 0 unspecified atom stereocenters. The van der Waals surface area contributed by atoms with Crippen LogP contribution in [0.4, 0.5) is 11.4 Å². The van der Waals surface area contributed by atoms with Gasteiger partial charge in [-0.2, -0.15) is 0 Å². The number of hydrogen-bond donors (Lipinski definition) is 4. The van der Waals surface area contributed by atoms with Crippen molar-refractivity contribution in [3.05, 3.63) is 131 Å². The van der Waals surface area contributed by atoms with Crippen molar-refractivity contribution < 1.29 is 14.4 Å². The van der Waals surface area contributed by atoms with Crippen molar-refractivity contribution in [3.63, 3.8) is 0 Å². The molecule has 0 fully saturated rings. The molecule has 204 valence electrons. The van der Waals surface area contributed by atoms with Crippen LogP contribution >= 0.6 is 23.4 Å². The molecule has 0 aliphatic rings. The third-order valence-corrected chi connectivity index (χ3v) is 7.37. The highest BCUT2D eigenvalue weighted by atomic mass is 35.5. The Hall–Kier alpha value is -4.79. The zero-order valence-electron chi connectivity index (χ0n) is 21.7. The Bertz CT molecular complexity index is 1750. The van der Waals surface area contributed by atoms with Crippen molar-refractivity contribution in [1.29, 1.82) is 0 Å². The van der Waals surface area contributed by atoms with Gasteiger partial charge in [0.15, 0.2) is 0 Å². The Morgan fingerprint density at radius 1 is 0.805 bits per heavy atom. The van der Waals surface area contributed by atoms with Gasteiger partial charge in [0.2, 0.25) is 5.91 Å². The summed E-state index contributed by atoms with van der Waals surface area (Å²) in [7, 11) is 0. The molecule has 0 radical (unpaired) electrons. The number of hydrogen-bond acceptors (Lipinski definition) is 4. The van der Waals surface area contributed by atoms with Gasteiger partial charge < -0.3 is 20.9 Å². The second-order valence-corrected chi connectivity index (χ2v) is 10.5. The van der Waals surface area contributed by atoms with Crippen LogP contribution in [0.2, 0.25) is 5.02 Å². The van der Waals surface area contributed by atoms with Gasteiger partial charge in [0.25, 0.3) is 11.8 Å². The minimum atomic E-state index is -0.520. The van der Waals surface area contributed by atoms with Crippen molar-refractivity contribution in [3.8, 4) is 0 Å². The predicted octanol–water partition coefficient (Wildman–Crippen LogP) is 6.96. The quantitative estimate of drug-likeness (QED) is 0.112. The number of halogens is 1. The third-order valence-electron chi connectivity index (χ3n) is 6.03. The second-order valence-electron chi connectivity index (χ2n) is 9.00. The minimum absolute atomic E-state index is 0.0309. The average molecular weight is 581 g/mol. The van der Waals surface area contributed by atoms with E-state index in [2.05, 4.69) is 20.9 Å². The fourth-order valence-corrected chi connectivity index (χ4v) is 4.97. The summed E-state index contributed by atoms with van der Waals surface area (Å²) in [6, 6.07) is 30.5. The number of thioether (sulfide) groups is 1. The van der Waals surface area contributed by atoms with E-state index in [1.807, 2.05) is 36.5 Å². The van der Waals surface area contributed by atoms with Gasteiger partial charge in [0, 0.05) is 38.6 Å². The normalized spacial score (nSPS) is 11.2. The molecule has 0 atom stereocenters. The Morgan fingerprint density at radius 3 is 2.41 bits per heavy atom. The maximum Gasteiger partial charge on any atom is 0.272 e. The van der Waals surface area contributed by atoms with Gasteiger partial charge in [-0.1, -0.05) is 60.1 Å². The molecule has 5 aromatic rings. The van der Waals surface area contributed by atoms with E-state index in [0.29, 0.717) is 27.5 Å². The molecule has 0 spiro atoms. The summed E-state index contributed by atoms with van der Waals surface area (Å²) >= 11 is 7.66. The van der Waals surface area contributed by atoms with Gasteiger partial charge in [0.05, 0.1) is 5.75 Å². The summed E-state index contributed by atoms with van der Waals surface area (Å²) in [4.78, 5) is 42.7. The molecule has 1 heterocycles. The average Bonchev–Trinajstić information content (AvgIpc) is 3.45. The van der Waals surface area contributed by atoms with Crippen LogP contribution < -0.4 is 16.0 Å². The molecule has 0 saturated heterocycles. The highest BCUT2D eigenvalue weighted by molar-refractivity contribution is 8.00. The Labute approximate surface area is 246 Å². The standard InChI is InChI=1S/C32H25ClN4O3S/c33-27-12-5-4-9-23(27)17-29(37-31(39)22-7-2-1-3-8-22)32(40)36-24-10-6-11-26(18-24)41-20-30(38)35-25-14-13-21-15-16-34-28(21)19-25/h1-19,34H,20H2,(H,35,38)(H,36,40)(H,37,39)/b29-17+. The van der Waals surface area contributed by atoms with Gasteiger partial charge in [-0.05, 0) is 71.6 Å². The topological polar surface area (TPSA) is 103 Å². The van der Waals surface area contributed by atoms with Crippen molar-refractivity contribution in [2.75, 3.05) is 16.4 Å². The summed E-state index contributed by atoms with van der Waals surface area (Å²) in [5.41, 5.74) is 3.19. The summed E-state index contributed by atoms with van der Waals surface area (Å²) in [5, 5.41) is 9.96. The maximum absolute atomic E-state index is 13.3. The number of nitrogens with one attached hydrogen (secondary N) is 4. The van der Waals surface area contributed by atoms with Crippen LogP contribution in [-0.2, 0) is 9.59 Å². The van der Waals surface area contributed by atoms with E-state index in [4.69, 9.17) is 11.6 Å². The number of aromatic amines is 1. The second kappa shape index (κ2) is 13.0. The van der Waals surface area contributed by atoms with E-state index in [0.717, 1.165) is 15.8 Å². The summed E-state index contributed by atoms with van der Waals surface area (Å²) in [6.45, 7) is 0. The van der Waals surface area contributed by atoms with Crippen LogP contribution in [0.15, 0.2) is 120 Å². The fourth-order valence-electron chi connectivity index (χ4n) is 4.02. The Morgan fingerprint density at radius 2 is 1.59 bits per heavy atom. The van der Waals surface area contributed by atoms with Crippen molar-refractivity contribution in [1.82, 2.24) is 10.3 Å². The predicted molar refractivity (Wildman–Crippen MR) is 166 cm³/mol. The maximum atomic E-state index is 13.3. The molecule has 41 heavy (non-hydrogen) atoms. The lowest BCUT2D eigenvalue weighted by molar-refractivity contribution is -0.114. The number of benzene rings is 4. The van der Waals surface area contributed by atoms with E-state index in [1.54, 1.807) is 72.8 Å². The molecule has 5 rings (SSSR count). The summed E-state index contributed by atoms with van der Waals surface area (Å²) in [6.07, 6.45) is 3.39. The number of rotatable bonds is 9. The summed E-state index contributed by atoms with van der Waals surface area (Å²) in [5.74, 6) is -0.909. The van der Waals surface area contributed by atoms with Gasteiger partial charge >= 0.3 is 0 Å². The van der Waals surface area contributed by atoms with Crippen molar-refractivity contribution in [2.45, 2.75) is 4.90 Å². The van der Waals surface area contributed by atoms with Gasteiger partial charge in [-0.3, -0.25) is 14.4 Å².